The van der Waals surface area contributed by atoms with Crippen LogP contribution in [-0.4, -0.2) is 52.8 Å². The van der Waals surface area contributed by atoms with E-state index in [9.17, 15) is 9.59 Å². The summed E-state index contributed by atoms with van der Waals surface area (Å²) in [6.07, 6.45) is 1.14. The van der Waals surface area contributed by atoms with Crippen LogP contribution in [0.3, 0.4) is 0 Å². The summed E-state index contributed by atoms with van der Waals surface area (Å²) in [6, 6.07) is 18.8. The number of amides is 2. The summed E-state index contributed by atoms with van der Waals surface area (Å²) in [5.41, 5.74) is 3.07. The largest absolute Gasteiger partial charge is 0.341 e. The topological polar surface area (TPSA) is 89.3 Å². The molecule has 1 saturated heterocycles. The minimum atomic E-state index is -0.210. The van der Waals surface area contributed by atoms with Crippen LogP contribution in [0.15, 0.2) is 60.0 Å². The SMILES string of the molecule is N#Cc1ccc(CN2CCCN(C(=O)Cc3csc(NC(=O)c4ccccc4)n3)CC2)cc1. The van der Waals surface area contributed by atoms with Gasteiger partial charge in [-0.25, -0.2) is 4.98 Å². The maximum Gasteiger partial charge on any atom is 0.257 e. The van der Waals surface area contributed by atoms with Gasteiger partial charge in [-0.05, 0) is 36.2 Å². The minimum Gasteiger partial charge on any atom is -0.341 e. The predicted octanol–water partition coefficient (Wildman–Crippen LogP) is 3.54. The molecule has 1 aliphatic heterocycles. The summed E-state index contributed by atoms with van der Waals surface area (Å²) in [5, 5.41) is 14.1. The average Bonchev–Trinajstić information content (AvgIpc) is 3.14. The van der Waals surface area contributed by atoms with Gasteiger partial charge in [0.1, 0.15) is 0 Å². The molecule has 2 aromatic carbocycles. The second kappa shape index (κ2) is 10.9. The lowest BCUT2D eigenvalue weighted by Crippen LogP contribution is -2.36. The Morgan fingerprint density at radius 2 is 1.82 bits per heavy atom. The molecule has 1 aliphatic rings. The van der Waals surface area contributed by atoms with Crippen molar-refractivity contribution in [2.45, 2.75) is 19.4 Å². The number of nitrogens with zero attached hydrogens (tertiary/aromatic N) is 4. The Balaban J connectivity index is 1.27. The zero-order valence-corrected chi connectivity index (χ0v) is 19.1. The smallest absolute Gasteiger partial charge is 0.257 e. The molecule has 0 radical (unpaired) electrons. The highest BCUT2D eigenvalue weighted by Crippen LogP contribution is 2.18. The summed E-state index contributed by atoms with van der Waals surface area (Å²) in [6.45, 7) is 3.95. The first-order valence-electron chi connectivity index (χ1n) is 10.9. The first-order valence-corrected chi connectivity index (χ1v) is 11.8. The van der Waals surface area contributed by atoms with Gasteiger partial charge in [-0.2, -0.15) is 5.26 Å². The molecule has 0 unspecified atom stereocenters. The number of nitrogens with one attached hydrogen (secondary N) is 1. The predicted molar refractivity (Wildman–Crippen MR) is 128 cm³/mol. The summed E-state index contributed by atoms with van der Waals surface area (Å²) < 4.78 is 0. The minimum absolute atomic E-state index is 0.0569. The third-order valence-corrected chi connectivity index (χ3v) is 6.38. The fourth-order valence-corrected chi connectivity index (χ4v) is 4.50. The normalized spacial score (nSPS) is 14.3. The van der Waals surface area contributed by atoms with Crippen molar-refractivity contribution in [2.24, 2.45) is 0 Å². The number of aromatic nitrogens is 1. The van der Waals surface area contributed by atoms with Crippen molar-refractivity contribution >= 4 is 28.3 Å². The molecule has 1 aromatic heterocycles. The van der Waals surface area contributed by atoms with E-state index in [1.54, 1.807) is 12.1 Å². The van der Waals surface area contributed by atoms with Crippen LogP contribution in [0, 0.1) is 11.3 Å². The maximum absolute atomic E-state index is 12.9. The molecule has 0 spiro atoms. The van der Waals surface area contributed by atoms with Gasteiger partial charge in [0, 0.05) is 43.7 Å². The van der Waals surface area contributed by atoms with Gasteiger partial charge >= 0.3 is 0 Å². The highest BCUT2D eigenvalue weighted by Gasteiger charge is 2.20. The van der Waals surface area contributed by atoms with Gasteiger partial charge in [0.2, 0.25) is 5.91 Å². The summed E-state index contributed by atoms with van der Waals surface area (Å²) in [7, 11) is 0. The quantitative estimate of drug-likeness (QED) is 0.609. The number of benzene rings is 2. The lowest BCUT2D eigenvalue weighted by atomic mass is 10.1. The van der Waals surface area contributed by atoms with Crippen LogP contribution in [0.25, 0.3) is 0 Å². The molecule has 8 heteroatoms. The molecule has 7 nitrogen and oxygen atoms in total. The molecule has 2 heterocycles. The fourth-order valence-electron chi connectivity index (χ4n) is 3.79. The Morgan fingerprint density at radius 1 is 1.03 bits per heavy atom. The fraction of sp³-hybridized carbons (Fsp3) is 0.280. The molecule has 4 rings (SSSR count). The number of anilines is 1. The van der Waals surface area contributed by atoms with Crippen molar-refractivity contribution in [1.82, 2.24) is 14.8 Å². The number of hydrogen-bond donors (Lipinski definition) is 1. The molecule has 0 bridgehead atoms. The standard InChI is InChI=1S/C25H25N5O2S/c26-16-19-7-9-20(10-8-19)17-29-11-4-12-30(14-13-29)23(31)15-22-18-33-25(27-22)28-24(32)21-5-2-1-3-6-21/h1-3,5-10,18H,4,11-15,17H2,(H,27,28,32). The van der Waals surface area contributed by atoms with Gasteiger partial charge in [-0.15, -0.1) is 11.3 Å². The third-order valence-electron chi connectivity index (χ3n) is 5.57. The van der Waals surface area contributed by atoms with Crippen molar-refractivity contribution in [3.63, 3.8) is 0 Å². The van der Waals surface area contributed by atoms with Crippen LogP contribution in [-0.2, 0) is 17.8 Å². The van der Waals surface area contributed by atoms with E-state index in [0.717, 1.165) is 32.6 Å². The Morgan fingerprint density at radius 3 is 2.58 bits per heavy atom. The Bertz CT molecular complexity index is 1140. The monoisotopic (exact) mass is 459 g/mol. The van der Waals surface area contributed by atoms with E-state index in [1.165, 1.54) is 16.9 Å². The number of carbonyl (C=O) groups excluding carboxylic acids is 2. The zero-order valence-electron chi connectivity index (χ0n) is 18.2. The average molecular weight is 460 g/mol. The van der Waals surface area contributed by atoms with Gasteiger partial charge in [0.15, 0.2) is 5.13 Å². The first-order chi connectivity index (χ1) is 16.1. The lowest BCUT2D eigenvalue weighted by molar-refractivity contribution is -0.130. The van der Waals surface area contributed by atoms with Crippen molar-refractivity contribution in [3.8, 4) is 6.07 Å². The summed E-state index contributed by atoms with van der Waals surface area (Å²) in [5.74, 6) is -0.154. The third kappa shape index (κ3) is 6.25. The Hall–Kier alpha value is -3.54. The van der Waals surface area contributed by atoms with Gasteiger partial charge in [0.05, 0.1) is 23.7 Å². The number of thiazole rings is 1. The lowest BCUT2D eigenvalue weighted by Gasteiger charge is -2.22. The zero-order chi connectivity index (χ0) is 23.0. The van der Waals surface area contributed by atoms with E-state index in [-0.39, 0.29) is 18.2 Å². The second-order valence-corrected chi connectivity index (χ2v) is 8.82. The van der Waals surface area contributed by atoms with E-state index in [0.29, 0.717) is 28.5 Å². The highest BCUT2D eigenvalue weighted by atomic mass is 32.1. The second-order valence-electron chi connectivity index (χ2n) is 7.96. The molecule has 33 heavy (non-hydrogen) atoms. The van der Waals surface area contributed by atoms with E-state index >= 15 is 0 Å². The molecule has 3 aromatic rings. The van der Waals surface area contributed by atoms with Gasteiger partial charge in [-0.3, -0.25) is 19.8 Å². The van der Waals surface area contributed by atoms with E-state index in [4.69, 9.17) is 5.26 Å². The summed E-state index contributed by atoms with van der Waals surface area (Å²) in [4.78, 5) is 33.8. The maximum atomic E-state index is 12.9. The van der Waals surface area contributed by atoms with E-state index in [1.807, 2.05) is 52.7 Å². The van der Waals surface area contributed by atoms with Crippen LogP contribution in [0.1, 0.15) is 33.6 Å². The number of nitriles is 1. The molecule has 168 valence electrons. The van der Waals surface area contributed by atoms with E-state index < -0.39 is 0 Å². The first kappa shape index (κ1) is 22.6. The van der Waals surface area contributed by atoms with Gasteiger partial charge < -0.3 is 4.90 Å². The molecular weight excluding hydrogens is 434 g/mol. The summed E-state index contributed by atoms with van der Waals surface area (Å²) >= 11 is 1.33. The van der Waals surface area contributed by atoms with E-state index in [2.05, 4.69) is 21.3 Å². The van der Waals surface area contributed by atoms with Crippen LogP contribution in [0.5, 0.6) is 0 Å². The Kier molecular flexibility index (Phi) is 7.45. The van der Waals surface area contributed by atoms with Crippen molar-refractivity contribution < 1.29 is 9.59 Å². The van der Waals surface area contributed by atoms with Gasteiger partial charge in [-0.1, -0.05) is 30.3 Å². The number of carbonyl (C=O) groups is 2. The molecule has 2 amide bonds. The van der Waals surface area contributed by atoms with Crippen LogP contribution < -0.4 is 5.32 Å². The molecule has 0 atom stereocenters. The highest BCUT2D eigenvalue weighted by molar-refractivity contribution is 7.14. The van der Waals surface area contributed by atoms with Crippen molar-refractivity contribution in [2.75, 3.05) is 31.5 Å². The molecule has 0 aliphatic carbocycles. The molecular formula is C25H25N5O2S. The molecule has 1 N–H and O–H groups in total. The molecule has 1 fully saturated rings. The molecule has 0 saturated carbocycles. The van der Waals surface area contributed by atoms with Crippen LogP contribution in [0.4, 0.5) is 5.13 Å². The van der Waals surface area contributed by atoms with Crippen LogP contribution >= 0.6 is 11.3 Å². The van der Waals surface area contributed by atoms with Crippen LogP contribution in [0.2, 0.25) is 0 Å². The number of hydrogen-bond acceptors (Lipinski definition) is 6. The van der Waals surface area contributed by atoms with Crippen molar-refractivity contribution in [1.29, 1.82) is 5.26 Å². The number of rotatable bonds is 6. The van der Waals surface area contributed by atoms with Crippen molar-refractivity contribution in [3.05, 3.63) is 82.4 Å². The Labute approximate surface area is 197 Å². The van der Waals surface area contributed by atoms with Gasteiger partial charge in [0.25, 0.3) is 5.91 Å².